The van der Waals surface area contributed by atoms with Crippen molar-refractivity contribution in [3.05, 3.63) is 0 Å². The smallest absolute Gasteiger partial charge is 0.187 e. The molecule has 5 saturated heterocycles. The zero-order chi connectivity index (χ0) is 45.1. The topological polar surface area (TPSA) is 276 Å². The van der Waals surface area contributed by atoms with Crippen LogP contribution in [0.25, 0.3) is 0 Å². The molecule has 9 aliphatic rings. The molecule has 9 fully saturated rings. The number of fused-ring (bicyclic) bond motifs is 7. The van der Waals surface area contributed by atoms with Gasteiger partial charge in [-0.1, -0.05) is 27.7 Å². The first-order chi connectivity index (χ1) is 29.9. The van der Waals surface area contributed by atoms with Crippen LogP contribution in [0.5, 0.6) is 0 Å². The zero-order valence-corrected chi connectivity index (χ0v) is 37.2. The van der Waals surface area contributed by atoms with E-state index >= 15 is 0 Å². The van der Waals surface area contributed by atoms with Crippen LogP contribution >= 0.6 is 0 Å². The lowest BCUT2D eigenvalue weighted by Gasteiger charge is -2.62. The van der Waals surface area contributed by atoms with Crippen molar-refractivity contribution in [2.24, 2.45) is 52.3 Å². The summed E-state index contributed by atoms with van der Waals surface area (Å²) >= 11 is 0. The van der Waals surface area contributed by atoms with Gasteiger partial charge in [-0.25, -0.2) is 0 Å². The molecular weight excluding hydrogens is 828 g/mol. The Balaban J connectivity index is 0.910. The number of aliphatic hydroxyl groups is 10. The highest BCUT2D eigenvalue weighted by molar-refractivity contribution is 5.18. The Bertz CT molecular complexity index is 1580. The van der Waals surface area contributed by atoms with Gasteiger partial charge < -0.3 is 89.0 Å². The predicted molar refractivity (Wildman–Crippen MR) is 216 cm³/mol. The predicted octanol–water partition coefficient (Wildman–Crippen LogP) is -0.735. The lowest BCUT2D eigenvalue weighted by Crippen LogP contribution is -2.67. The molecule has 10 N–H and O–H groups in total. The van der Waals surface area contributed by atoms with Crippen LogP contribution < -0.4 is 0 Å². The van der Waals surface area contributed by atoms with E-state index in [1.165, 1.54) is 6.92 Å². The number of rotatable bonds is 8. The van der Waals surface area contributed by atoms with Crippen molar-refractivity contribution in [1.29, 1.82) is 0 Å². The van der Waals surface area contributed by atoms with Crippen LogP contribution in [0.3, 0.4) is 0 Å². The monoisotopic (exact) mass is 902 g/mol. The van der Waals surface area contributed by atoms with E-state index in [1.54, 1.807) is 0 Å². The van der Waals surface area contributed by atoms with Gasteiger partial charge in [0.05, 0.1) is 44.2 Å². The largest absolute Gasteiger partial charge is 0.394 e. The molecule has 5 heterocycles. The van der Waals surface area contributed by atoms with Gasteiger partial charge >= 0.3 is 0 Å². The summed E-state index contributed by atoms with van der Waals surface area (Å²) in [6, 6.07) is 0. The molecule has 28 unspecified atom stereocenters. The van der Waals surface area contributed by atoms with E-state index < -0.39 is 117 Å². The van der Waals surface area contributed by atoms with Crippen LogP contribution in [0.4, 0.5) is 0 Å². The fraction of sp³-hybridized carbons (Fsp3) is 1.00. The standard InChI is InChI=1S/C45H74O18/c1-18-8-11-45(56-17-18)19(2)30-26(63-45)13-25-23-7-6-21-12-22(9-10-43(21,4)24(23)14-29(48)44(25,30)5)58-42-39(62-40-35(53)33(51)31(49)20(3)57-40)37(55)38(28(16-47)60-42)61-41-36(54)34(52)32(50)27(15-46)59-41/h18-42,46-55H,6-17H2,1-5H3. The summed E-state index contributed by atoms with van der Waals surface area (Å²) < 4.78 is 49.8. The van der Waals surface area contributed by atoms with Crippen LogP contribution in [0.15, 0.2) is 0 Å². The average molecular weight is 903 g/mol. The Kier molecular flexibility index (Phi) is 13.3. The first-order valence-corrected chi connectivity index (χ1v) is 23.8. The van der Waals surface area contributed by atoms with Crippen molar-refractivity contribution in [1.82, 2.24) is 0 Å². The van der Waals surface area contributed by atoms with Gasteiger partial charge in [-0.05, 0) is 93.3 Å². The van der Waals surface area contributed by atoms with Gasteiger partial charge in [0.15, 0.2) is 24.7 Å². The SMILES string of the molecule is CC1CCC2(OC1)OC1CC3C4CCC5CC(OC6OC(CO)C(OC7OC(CO)C(O)C(O)C7O)C(O)C6OC6OC(C)C(O)C(O)C6O)CCC5(C)C4CC(O)C3(C)C1C2C. The fourth-order valence-electron chi connectivity index (χ4n) is 14.6. The summed E-state index contributed by atoms with van der Waals surface area (Å²) in [6.45, 7) is 9.97. The molecule has 1 spiro atoms. The first-order valence-electron chi connectivity index (χ1n) is 23.8. The van der Waals surface area contributed by atoms with Crippen molar-refractivity contribution in [2.45, 2.75) is 209 Å². The minimum atomic E-state index is -1.83. The summed E-state index contributed by atoms with van der Waals surface area (Å²) in [5, 5.41) is 108. The Morgan fingerprint density at radius 1 is 0.603 bits per heavy atom. The molecule has 18 nitrogen and oxygen atoms in total. The van der Waals surface area contributed by atoms with Crippen LogP contribution in [0, 0.1) is 52.3 Å². The summed E-state index contributed by atoms with van der Waals surface area (Å²) in [5.74, 6) is 1.70. The Morgan fingerprint density at radius 3 is 1.95 bits per heavy atom. The average Bonchev–Trinajstić information content (AvgIpc) is 3.71. The molecule has 0 aromatic carbocycles. The Morgan fingerprint density at radius 2 is 1.27 bits per heavy atom. The van der Waals surface area contributed by atoms with Gasteiger partial charge in [-0.3, -0.25) is 0 Å². The van der Waals surface area contributed by atoms with Gasteiger partial charge in [0, 0.05) is 23.7 Å². The van der Waals surface area contributed by atoms with Crippen LogP contribution in [0.1, 0.15) is 92.4 Å². The number of hydrogen-bond acceptors (Lipinski definition) is 18. The molecule has 28 atom stereocenters. The molecule has 18 heteroatoms. The highest BCUT2D eigenvalue weighted by Gasteiger charge is 2.71. The third-order valence-corrected chi connectivity index (χ3v) is 18.4. The van der Waals surface area contributed by atoms with E-state index in [0.717, 1.165) is 44.9 Å². The van der Waals surface area contributed by atoms with Crippen molar-refractivity contribution >= 4 is 0 Å². The second-order valence-corrected chi connectivity index (χ2v) is 21.6. The summed E-state index contributed by atoms with van der Waals surface area (Å²) in [7, 11) is 0. The first kappa shape index (κ1) is 47.4. The highest BCUT2D eigenvalue weighted by Crippen LogP contribution is 2.71. The lowest BCUT2D eigenvalue weighted by atomic mass is 9.43. The van der Waals surface area contributed by atoms with Crippen molar-refractivity contribution < 1.29 is 89.0 Å². The van der Waals surface area contributed by atoms with Gasteiger partial charge in [-0.15, -0.1) is 0 Å². The lowest BCUT2D eigenvalue weighted by molar-refractivity contribution is -0.390. The molecule has 4 saturated carbocycles. The summed E-state index contributed by atoms with van der Waals surface area (Å²) in [4.78, 5) is 0. The van der Waals surface area contributed by atoms with E-state index in [-0.39, 0.29) is 40.8 Å². The Hall–Kier alpha value is -0.720. The minimum Gasteiger partial charge on any atom is -0.394 e. The van der Waals surface area contributed by atoms with Crippen LogP contribution in [0.2, 0.25) is 0 Å². The maximum absolute atomic E-state index is 12.3. The van der Waals surface area contributed by atoms with Gasteiger partial charge in [0.2, 0.25) is 0 Å². The van der Waals surface area contributed by atoms with Crippen LogP contribution in [-0.2, 0) is 37.9 Å². The van der Waals surface area contributed by atoms with Gasteiger partial charge in [0.25, 0.3) is 0 Å². The summed E-state index contributed by atoms with van der Waals surface area (Å²) in [6.07, 6.45) is -16.2. The fourth-order valence-corrected chi connectivity index (χ4v) is 14.6. The van der Waals surface area contributed by atoms with E-state index in [2.05, 4.69) is 27.7 Å². The number of aliphatic hydroxyl groups excluding tert-OH is 10. The molecule has 0 amide bonds. The highest BCUT2D eigenvalue weighted by atomic mass is 16.8. The second-order valence-electron chi connectivity index (χ2n) is 21.6. The van der Waals surface area contributed by atoms with E-state index in [0.29, 0.717) is 43.1 Å². The van der Waals surface area contributed by atoms with E-state index in [4.69, 9.17) is 37.9 Å². The number of hydrogen-bond donors (Lipinski definition) is 10. The second kappa shape index (κ2) is 17.7. The molecule has 0 aromatic rings. The third-order valence-electron chi connectivity index (χ3n) is 18.4. The normalized spacial score (nSPS) is 59.4. The molecule has 5 aliphatic heterocycles. The Labute approximate surface area is 369 Å². The van der Waals surface area contributed by atoms with Crippen LogP contribution in [-0.4, -0.2) is 187 Å². The molecule has 362 valence electrons. The molecule has 0 bridgehead atoms. The molecule has 0 radical (unpaired) electrons. The number of ether oxygens (including phenoxy) is 8. The van der Waals surface area contributed by atoms with E-state index in [9.17, 15) is 51.1 Å². The molecule has 0 aromatic heterocycles. The zero-order valence-electron chi connectivity index (χ0n) is 37.2. The maximum atomic E-state index is 12.3. The van der Waals surface area contributed by atoms with Crippen molar-refractivity contribution in [2.75, 3.05) is 19.8 Å². The third kappa shape index (κ3) is 7.70. The minimum absolute atomic E-state index is 0.0640. The van der Waals surface area contributed by atoms with Gasteiger partial charge in [-0.2, -0.15) is 0 Å². The summed E-state index contributed by atoms with van der Waals surface area (Å²) in [5.41, 5.74) is -0.346. The molecule has 4 aliphatic carbocycles. The molecule has 9 rings (SSSR count). The molecular formula is C45H74O18. The quantitative estimate of drug-likeness (QED) is 0.134. The maximum Gasteiger partial charge on any atom is 0.187 e. The van der Waals surface area contributed by atoms with Crippen molar-refractivity contribution in [3.63, 3.8) is 0 Å². The molecule has 63 heavy (non-hydrogen) atoms. The van der Waals surface area contributed by atoms with Gasteiger partial charge in [0.1, 0.15) is 67.1 Å². The van der Waals surface area contributed by atoms with E-state index in [1.807, 2.05) is 0 Å². The van der Waals surface area contributed by atoms with Crippen molar-refractivity contribution in [3.8, 4) is 0 Å².